The van der Waals surface area contributed by atoms with E-state index in [0.29, 0.717) is 5.56 Å². The van der Waals surface area contributed by atoms with Crippen LogP contribution in [0.3, 0.4) is 0 Å². The third-order valence-electron chi connectivity index (χ3n) is 4.26. The van der Waals surface area contributed by atoms with Crippen LogP contribution in [0.5, 0.6) is 0 Å². The Morgan fingerprint density at radius 1 is 0.875 bits per heavy atom. The van der Waals surface area contributed by atoms with Crippen molar-refractivity contribution in [3.63, 3.8) is 0 Å². The van der Waals surface area contributed by atoms with Crippen LogP contribution >= 0.6 is 0 Å². The number of carbonyl (C=O) groups excluding carboxylic acids is 2. The van der Waals surface area contributed by atoms with Gasteiger partial charge in [-0.3, -0.25) is 14.5 Å². The fraction of sp³-hybridized carbons (Fsp3) is 0.200. The average molecular weight is 321 g/mol. The Bertz CT molecular complexity index is 863. The van der Waals surface area contributed by atoms with E-state index in [0.717, 1.165) is 27.2 Å². The van der Waals surface area contributed by atoms with Gasteiger partial charge in [0.15, 0.2) is 5.76 Å². The Balaban J connectivity index is 1.94. The molecule has 0 saturated heterocycles. The normalized spacial score (nSPS) is 14.7. The Morgan fingerprint density at radius 2 is 1.50 bits per heavy atom. The van der Waals surface area contributed by atoms with Gasteiger partial charge in [0, 0.05) is 0 Å². The van der Waals surface area contributed by atoms with Gasteiger partial charge in [-0.25, -0.2) is 0 Å². The van der Waals surface area contributed by atoms with Gasteiger partial charge in [0.2, 0.25) is 0 Å². The maximum Gasteiger partial charge on any atom is 0.296 e. The fourth-order valence-electron chi connectivity index (χ4n) is 2.92. The topological polar surface area (TPSA) is 57.6 Å². The third kappa shape index (κ3) is 2.71. The zero-order chi connectivity index (χ0) is 17.4. The molecule has 0 fully saturated rings. The highest BCUT2D eigenvalue weighted by Gasteiger charge is 2.39. The molecule has 0 spiro atoms. The van der Waals surface area contributed by atoms with Crippen LogP contribution in [0.2, 0.25) is 0 Å². The molecule has 3 rings (SSSR count). The number of aryl methyl sites for hydroxylation is 3. The summed E-state index contributed by atoms with van der Waals surface area (Å²) in [4.78, 5) is 26.2. The van der Waals surface area contributed by atoms with Crippen LogP contribution in [0.15, 0.2) is 48.2 Å². The van der Waals surface area contributed by atoms with Crippen LogP contribution < -0.4 is 0 Å². The summed E-state index contributed by atoms with van der Waals surface area (Å²) in [6.45, 7) is 5.94. The van der Waals surface area contributed by atoms with Crippen molar-refractivity contribution < 1.29 is 14.7 Å². The monoisotopic (exact) mass is 321 g/mol. The van der Waals surface area contributed by atoms with E-state index in [9.17, 15) is 14.7 Å². The van der Waals surface area contributed by atoms with Gasteiger partial charge in [0.25, 0.3) is 11.8 Å². The van der Waals surface area contributed by atoms with Gasteiger partial charge in [-0.15, -0.1) is 0 Å². The molecular formula is C20H19NO3. The lowest BCUT2D eigenvalue weighted by Gasteiger charge is -2.15. The van der Waals surface area contributed by atoms with Gasteiger partial charge in [0.05, 0.1) is 12.1 Å². The van der Waals surface area contributed by atoms with Crippen molar-refractivity contribution >= 4 is 17.4 Å². The van der Waals surface area contributed by atoms with Crippen molar-refractivity contribution in [3.8, 4) is 0 Å². The van der Waals surface area contributed by atoms with Crippen molar-refractivity contribution in [3.05, 3.63) is 76.0 Å². The largest absolute Gasteiger partial charge is 0.502 e. The number of nitrogens with zero attached hydrogens (tertiary/aromatic N) is 1. The zero-order valence-corrected chi connectivity index (χ0v) is 14.0. The highest BCUT2D eigenvalue weighted by atomic mass is 16.3. The van der Waals surface area contributed by atoms with Crippen LogP contribution in [0, 0.1) is 20.8 Å². The number of rotatable bonds is 3. The van der Waals surface area contributed by atoms with Crippen LogP contribution in [-0.2, 0) is 16.1 Å². The van der Waals surface area contributed by atoms with Gasteiger partial charge < -0.3 is 5.11 Å². The number of benzene rings is 2. The summed E-state index contributed by atoms with van der Waals surface area (Å²) in [6.07, 6.45) is 0. The minimum absolute atomic E-state index is 0.0876. The van der Waals surface area contributed by atoms with E-state index in [1.807, 2.05) is 57.2 Å². The van der Waals surface area contributed by atoms with Crippen molar-refractivity contribution in [2.75, 3.05) is 0 Å². The Hall–Kier alpha value is -2.88. The molecule has 1 aliphatic heterocycles. The number of amides is 2. The van der Waals surface area contributed by atoms with Gasteiger partial charge >= 0.3 is 0 Å². The molecule has 0 aliphatic carbocycles. The second-order valence-electron chi connectivity index (χ2n) is 6.22. The SMILES string of the molecule is Cc1ccc(CN2C(=O)C(O)=C(c3ccc(C)cc3C)C2=O)cc1. The van der Waals surface area contributed by atoms with Gasteiger partial charge in [-0.1, -0.05) is 53.6 Å². The van der Waals surface area contributed by atoms with E-state index < -0.39 is 17.6 Å². The van der Waals surface area contributed by atoms with Crippen molar-refractivity contribution in [2.45, 2.75) is 27.3 Å². The molecule has 24 heavy (non-hydrogen) atoms. The first-order valence-corrected chi connectivity index (χ1v) is 7.81. The molecule has 4 heteroatoms. The summed E-state index contributed by atoms with van der Waals surface area (Å²) in [6, 6.07) is 13.2. The summed E-state index contributed by atoms with van der Waals surface area (Å²) in [7, 11) is 0. The lowest BCUT2D eigenvalue weighted by atomic mass is 9.98. The molecule has 0 radical (unpaired) electrons. The van der Waals surface area contributed by atoms with Crippen LogP contribution in [0.1, 0.15) is 27.8 Å². The lowest BCUT2D eigenvalue weighted by Crippen LogP contribution is -2.31. The standard InChI is InChI=1S/C20H19NO3/c1-12-4-7-15(8-5-12)11-21-19(23)17(18(22)20(21)24)16-9-6-13(2)10-14(16)3/h4-10,22H,11H2,1-3H3. The molecule has 0 saturated carbocycles. The first kappa shape index (κ1) is 16.0. The maximum atomic E-state index is 12.7. The van der Waals surface area contributed by atoms with E-state index in [-0.39, 0.29) is 12.1 Å². The highest BCUT2D eigenvalue weighted by Crippen LogP contribution is 2.31. The van der Waals surface area contributed by atoms with E-state index in [4.69, 9.17) is 0 Å². The molecule has 2 aromatic carbocycles. The molecule has 2 amide bonds. The minimum Gasteiger partial charge on any atom is -0.502 e. The number of imide groups is 1. The molecule has 2 aromatic rings. The maximum absolute atomic E-state index is 12.7. The van der Waals surface area contributed by atoms with E-state index in [2.05, 4.69) is 0 Å². The number of hydrogen-bond donors (Lipinski definition) is 1. The van der Waals surface area contributed by atoms with Gasteiger partial charge in [-0.2, -0.15) is 0 Å². The lowest BCUT2D eigenvalue weighted by molar-refractivity contribution is -0.138. The molecule has 122 valence electrons. The first-order chi connectivity index (χ1) is 11.4. The average Bonchev–Trinajstić information content (AvgIpc) is 2.74. The van der Waals surface area contributed by atoms with Crippen molar-refractivity contribution in [1.82, 2.24) is 4.90 Å². The van der Waals surface area contributed by atoms with E-state index in [1.165, 1.54) is 0 Å². The van der Waals surface area contributed by atoms with E-state index >= 15 is 0 Å². The van der Waals surface area contributed by atoms with Crippen LogP contribution in [-0.4, -0.2) is 21.8 Å². The smallest absolute Gasteiger partial charge is 0.296 e. The third-order valence-corrected chi connectivity index (χ3v) is 4.26. The number of carbonyl (C=O) groups is 2. The summed E-state index contributed by atoms with van der Waals surface area (Å²) in [5.74, 6) is -1.57. The molecule has 1 heterocycles. The minimum atomic E-state index is -0.643. The number of aliphatic hydroxyl groups excluding tert-OH is 1. The van der Waals surface area contributed by atoms with Crippen molar-refractivity contribution in [1.29, 1.82) is 0 Å². The highest BCUT2D eigenvalue weighted by molar-refractivity contribution is 6.35. The molecule has 0 atom stereocenters. The predicted octanol–water partition coefficient (Wildman–Crippen LogP) is 3.45. The molecular weight excluding hydrogens is 302 g/mol. The predicted molar refractivity (Wildman–Crippen MR) is 92.2 cm³/mol. The Labute approximate surface area is 141 Å². The summed E-state index contributed by atoms with van der Waals surface area (Å²) < 4.78 is 0. The fourth-order valence-corrected chi connectivity index (χ4v) is 2.92. The van der Waals surface area contributed by atoms with Gasteiger partial charge in [-0.05, 0) is 37.5 Å². The zero-order valence-electron chi connectivity index (χ0n) is 14.0. The Morgan fingerprint density at radius 3 is 2.12 bits per heavy atom. The number of hydrogen-bond acceptors (Lipinski definition) is 3. The summed E-state index contributed by atoms with van der Waals surface area (Å²) in [5, 5.41) is 10.2. The molecule has 1 aliphatic rings. The molecule has 0 unspecified atom stereocenters. The van der Waals surface area contributed by atoms with Crippen LogP contribution in [0.25, 0.3) is 5.57 Å². The van der Waals surface area contributed by atoms with Gasteiger partial charge in [0.1, 0.15) is 0 Å². The molecule has 0 aromatic heterocycles. The molecule has 4 nitrogen and oxygen atoms in total. The molecule has 1 N–H and O–H groups in total. The first-order valence-electron chi connectivity index (χ1n) is 7.81. The molecule has 0 bridgehead atoms. The van der Waals surface area contributed by atoms with E-state index in [1.54, 1.807) is 6.07 Å². The second kappa shape index (κ2) is 5.96. The van der Waals surface area contributed by atoms with Crippen LogP contribution in [0.4, 0.5) is 0 Å². The summed E-state index contributed by atoms with van der Waals surface area (Å²) >= 11 is 0. The number of aliphatic hydroxyl groups is 1. The second-order valence-corrected chi connectivity index (χ2v) is 6.22. The van der Waals surface area contributed by atoms with Crippen molar-refractivity contribution in [2.24, 2.45) is 0 Å². The quantitative estimate of drug-likeness (QED) is 0.881. The summed E-state index contributed by atoms with van der Waals surface area (Å²) in [5.41, 5.74) is 4.55. The Kier molecular flexibility index (Phi) is 3.97.